The maximum Gasteiger partial charge on any atom is 0.420 e. The van der Waals surface area contributed by atoms with Gasteiger partial charge in [-0.15, -0.1) is 0 Å². The molecule has 0 aliphatic carbocycles. The van der Waals surface area contributed by atoms with Crippen LogP contribution in [-0.4, -0.2) is 40.0 Å². The fraction of sp³-hybridized carbons (Fsp3) is 0.333. The molecule has 9 heteroatoms. The van der Waals surface area contributed by atoms with Gasteiger partial charge in [0, 0.05) is 12.5 Å². The van der Waals surface area contributed by atoms with Crippen molar-refractivity contribution in [1.82, 2.24) is 9.47 Å². The Morgan fingerprint density at radius 1 is 1.11 bits per heavy atom. The number of nitrogens with zero attached hydrogens (tertiary/aromatic N) is 2. The zero-order valence-corrected chi connectivity index (χ0v) is 20.6. The van der Waals surface area contributed by atoms with Crippen molar-refractivity contribution in [2.24, 2.45) is 0 Å². The number of oxazole rings is 1. The smallest absolute Gasteiger partial charge is 0.420 e. The zero-order valence-electron chi connectivity index (χ0n) is 20.6. The molecule has 1 aliphatic rings. The van der Waals surface area contributed by atoms with Gasteiger partial charge in [0.25, 0.3) is 5.91 Å². The molecular weight excluding hydrogens is 464 g/mol. The van der Waals surface area contributed by atoms with E-state index in [1.807, 2.05) is 0 Å². The average molecular weight is 493 g/mol. The lowest BCUT2D eigenvalue weighted by Crippen LogP contribution is -2.46. The third-order valence-electron chi connectivity index (χ3n) is 5.75. The zero-order chi connectivity index (χ0) is 26.0. The summed E-state index contributed by atoms with van der Waals surface area (Å²) in [4.78, 5) is 51.8. The lowest BCUT2D eigenvalue weighted by atomic mass is 10.0. The Bertz CT molecular complexity index is 1390. The van der Waals surface area contributed by atoms with Crippen molar-refractivity contribution in [1.29, 1.82) is 0 Å². The van der Waals surface area contributed by atoms with E-state index >= 15 is 0 Å². The predicted octanol–water partition coefficient (Wildman–Crippen LogP) is 3.85. The molecule has 2 aromatic carbocycles. The number of hydrogen-bond donors (Lipinski definition) is 0. The van der Waals surface area contributed by atoms with Crippen LogP contribution in [0.15, 0.2) is 57.8 Å². The summed E-state index contributed by atoms with van der Waals surface area (Å²) < 4.78 is 17.1. The summed E-state index contributed by atoms with van der Waals surface area (Å²) in [5.41, 5.74) is 1.50. The number of fused-ring (bicyclic) bond motifs is 1. The predicted molar refractivity (Wildman–Crippen MR) is 132 cm³/mol. The Hall–Kier alpha value is -4.14. The van der Waals surface area contributed by atoms with Gasteiger partial charge in [-0.05, 0) is 68.7 Å². The molecule has 1 atom stereocenters. The molecule has 1 aliphatic heterocycles. The van der Waals surface area contributed by atoms with Crippen LogP contribution in [0.25, 0.3) is 17.2 Å². The third kappa shape index (κ3) is 5.40. The van der Waals surface area contributed by atoms with Crippen LogP contribution in [0.4, 0.5) is 0 Å². The van der Waals surface area contributed by atoms with Crippen LogP contribution >= 0.6 is 0 Å². The molecule has 0 saturated carbocycles. The molecule has 9 nitrogen and oxygen atoms in total. The fourth-order valence-corrected chi connectivity index (χ4v) is 4.09. The SMILES string of the molecule is COc1ccc(CN2C(=O)CCC(n3c(=O)oc4cc(/C=C/C(=O)OC(C)(C)C)ccc43)C2=O)cc1. The van der Waals surface area contributed by atoms with Gasteiger partial charge in [0.05, 0.1) is 19.2 Å². The standard InChI is InChI=1S/C27H28N2O7/c1-27(2,3)36-24(31)14-8-17-7-11-20-22(15-17)35-26(33)29(20)21-12-13-23(30)28(25(21)32)16-18-5-9-19(34-4)10-6-18/h5-11,14-15,21H,12-13,16H2,1-4H3/b14-8+. The van der Waals surface area contributed by atoms with Gasteiger partial charge < -0.3 is 13.9 Å². The Morgan fingerprint density at radius 2 is 1.83 bits per heavy atom. The molecule has 4 rings (SSSR count). The number of likely N-dealkylation sites (tertiary alicyclic amines) is 1. The number of rotatable bonds is 6. The van der Waals surface area contributed by atoms with Crippen molar-refractivity contribution in [3.63, 3.8) is 0 Å². The summed E-state index contributed by atoms with van der Waals surface area (Å²) in [6.45, 7) is 5.43. The quantitative estimate of drug-likeness (QED) is 0.292. The summed E-state index contributed by atoms with van der Waals surface area (Å²) in [7, 11) is 1.56. The average Bonchev–Trinajstić information content (AvgIpc) is 3.14. The second-order valence-electron chi connectivity index (χ2n) is 9.55. The van der Waals surface area contributed by atoms with E-state index < -0.39 is 29.3 Å². The first-order chi connectivity index (χ1) is 17.1. The highest BCUT2D eigenvalue weighted by Crippen LogP contribution is 2.28. The van der Waals surface area contributed by atoms with Crippen LogP contribution in [0, 0.1) is 0 Å². The molecule has 0 N–H and O–H groups in total. The largest absolute Gasteiger partial charge is 0.497 e. The number of ether oxygens (including phenoxy) is 2. The summed E-state index contributed by atoms with van der Waals surface area (Å²) in [5, 5.41) is 0. The first-order valence-electron chi connectivity index (χ1n) is 11.6. The second-order valence-corrected chi connectivity index (χ2v) is 9.55. The van der Waals surface area contributed by atoms with Gasteiger partial charge in [0.2, 0.25) is 5.91 Å². The van der Waals surface area contributed by atoms with Gasteiger partial charge in [-0.2, -0.15) is 0 Å². The van der Waals surface area contributed by atoms with Gasteiger partial charge in [-0.1, -0.05) is 18.2 Å². The molecule has 0 spiro atoms. The van der Waals surface area contributed by atoms with Crippen molar-refractivity contribution in [2.75, 3.05) is 7.11 Å². The van der Waals surface area contributed by atoms with Crippen LogP contribution in [0.1, 0.15) is 50.8 Å². The Morgan fingerprint density at radius 3 is 2.50 bits per heavy atom. The van der Waals surface area contributed by atoms with Crippen LogP contribution in [0.3, 0.4) is 0 Å². The number of carbonyl (C=O) groups is 3. The summed E-state index contributed by atoms with van der Waals surface area (Å²) >= 11 is 0. The molecule has 2 heterocycles. The Labute approximate surface area is 207 Å². The van der Waals surface area contributed by atoms with Crippen LogP contribution in [0.5, 0.6) is 5.75 Å². The number of amides is 2. The van der Waals surface area contributed by atoms with E-state index in [1.165, 1.54) is 15.5 Å². The summed E-state index contributed by atoms with van der Waals surface area (Å²) in [5.74, 6) is -1.25. The minimum atomic E-state index is -0.863. The molecule has 188 valence electrons. The topological polar surface area (TPSA) is 108 Å². The van der Waals surface area contributed by atoms with E-state index in [1.54, 1.807) is 76.4 Å². The van der Waals surface area contributed by atoms with Crippen LogP contribution in [0.2, 0.25) is 0 Å². The maximum absolute atomic E-state index is 13.3. The van der Waals surface area contributed by atoms with Gasteiger partial charge in [0.15, 0.2) is 5.58 Å². The van der Waals surface area contributed by atoms with Crippen molar-refractivity contribution < 1.29 is 28.3 Å². The lowest BCUT2D eigenvalue weighted by molar-refractivity contribution is -0.152. The number of piperidine rings is 1. The van der Waals surface area contributed by atoms with E-state index in [4.69, 9.17) is 13.9 Å². The molecule has 3 aromatic rings. The minimum Gasteiger partial charge on any atom is -0.497 e. The minimum absolute atomic E-state index is 0.0995. The highest BCUT2D eigenvalue weighted by Gasteiger charge is 2.37. The van der Waals surface area contributed by atoms with Gasteiger partial charge in [0.1, 0.15) is 17.4 Å². The molecule has 0 bridgehead atoms. The van der Waals surface area contributed by atoms with Crippen molar-refractivity contribution >= 4 is 35.0 Å². The number of hydrogen-bond acceptors (Lipinski definition) is 7. The monoisotopic (exact) mass is 492 g/mol. The molecule has 1 fully saturated rings. The number of imide groups is 1. The van der Waals surface area contributed by atoms with Crippen molar-refractivity contribution in [2.45, 2.75) is 51.8 Å². The van der Waals surface area contributed by atoms with Gasteiger partial charge in [-0.3, -0.25) is 19.1 Å². The highest BCUT2D eigenvalue weighted by molar-refractivity contribution is 6.00. The van der Waals surface area contributed by atoms with Crippen molar-refractivity contribution in [3.8, 4) is 5.75 Å². The summed E-state index contributed by atoms with van der Waals surface area (Å²) in [6, 6.07) is 11.2. The highest BCUT2D eigenvalue weighted by atomic mass is 16.6. The Kier molecular flexibility index (Phi) is 6.83. The van der Waals surface area contributed by atoms with Crippen LogP contribution < -0.4 is 10.5 Å². The number of benzene rings is 2. The number of methoxy groups -OCH3 is 1. The molecule has 1 saturated heterocycles. The maximum atomic E-state index is 13.3. The number of esters is 1. The first-order valence-corrected chi connectivity index (χ1v) is 11.6. The van der Waals surface area contributed by atoms with Crippen LogP contribution in [-0.2, 0) is 25.7 Å². The normalized spacial score (nSPS) is 16.7. The Balaban J connectivity index is 1.58. The molecule has 0 radical (unpaired) electrons. The first kappa shape index (κ1) is 25.0. The van der Waals surface area contributed by atoms with E-state index in [2.05, 4.69) is 0 Å². The van der Waals surface area contributed by atoms with Gasteiger partial charge in [-0.25, -0.2) is 9.59 Å². The molecular formula is C27H28N2O7. The lowest BCUT2D eigenvalue weighted by Gasteiger charge is -2.31. The third-order valence-corrected chi connectivity index (χ3v) is 5.75. The number of aromatic nitrogens is 1. The van der Waals surface area contributed by atoms with E-state index in [-0.39, 0.29) is 30.9 Å². The molecule has 2 amide bonds. The van der Waals surface area contributed by atoms with E-state index in [0.29, 0.717) is 16.8 Å². The van der Waals surface area contributed by atoms with E-state index in [0.717, 1.165) is 5.56 Å². The molecule has 1 aromatic heterocycles. The number of carbonyl (C=O) groups excluding carboxylic acids is 3. The summed E-state index contributed by atoms with van der Waals surface area (Å²) in [6.07, 6.45) is 3.19. The van der Waals surface area contributed by atoms with Crippen molar-refractivity contribution in [3.05, 3.63) is 70.2 Å². The van der Waals surface area contributed by atoms with E-state index in [9.17, 15) is 19.2 Å². The molecule has 1 unspecified atom stereocenters. The fourth-order valence-electron chi connectivity index (χ4n) is 4.09. The van der Waals surface area contributed by atoms with Gasteiger partial charge >= 0.3 is 11.7 Å². The molecule has 36 heavy (non-hydrogen) atoms. The second kappa shape index (κ2) is 9.85.